The van der Waals surface area contributed by atoms with Gasteiger partial charge in [0.25, 0.3) is 5.69 Å². The number of hydrogen-bond donors (Lipinski definition) is 1. The molecule has 1 aromatic carbocycles. The van der Waals surface area contributed by atoms with Crippen molar-refractivity contribution in [2.45, 2.75) is 30.8 Å². The third-order valence-corrected chi connectivity index (χ3v) is 7.00. The Labute approximate surface area is 171 Å². The van der Waals surface area contributed by atoms with Crippen LogP contribution in [0.25, 0.3) is 0 Å². The molecule has 1 aliphatic rings. The highest BCUT2D eigenvalue weighted by atomic mass is 32.2. The molecule has 0 saturated carbocycles. The van der Waals surface area contributed by atoms with Crippen LogP contribution < -0.4 is 5.32 Å². The smallest absolute Gasteiger partial charge is 0.269 e. The third-order valence-electron chi connectivity index (χ3n) is 4.30. The summed E-state index contributed by atoms with van der Waals surface area (Å²) in [5.74, 6) is -0.525. The summed E-state index contributed by atoms with van der Waals surface area (Å²) in [5.41, 5.74) is 0.534. The highest BCUT2D eigenvalue weighted by Crippen LogP contribution is 2.23. The number of carbonyl (C=O) groups is 1. The molecule has 2 aromatic rings. The van der Waals surface area contributed by atoms with Gasteiger partial charge in [-0.05, 0) is 31.9 Å². The van der Waals surface area contributed by atoms with E-state index < -0.39 is 27.4 Å². The number of sulfonamides is 1. The van der Waals surface area contributed by atoms with Crippen LogP contribution in [0.4, 0.5) is 10.8 Å². The number of aryl methyl sites for hydroxylation is 1. The highest BCUT2D eigenvalue weighted by molar-refractivity contribution is 7.89. The summed E-state index contributed by atoms with van der Waals surface area (Å²) < 4.78 is 32.8. The lowest BCUT2D eigenvalue weighted by Crippen LogP contribution is -2.42. The monoisotopic (exact) mass is 440 g/mol. The van der Waals surface area contributed by atoms with E-state index in [0.717, 1.165) is 40.7 Å². The number of nitro groups is 1. The molecule has 0 bridgehead atoms. The number of non-ortho nitro benzene ring substituents is 1. The molecule has 10 nitrogen and oxygen atoms in total. The number of carbonyl (C=O) groups excluding carboxylic acids is 1. The third kappa shape index (κ3) is 5.35. The predicted octanol–water partition coefficient (Wildman–Crippen LogP) is 2.17. The van der Waals surface area contributed by atoms with E-state index in [0.29, 0.717) is 18.2 Å². The second-order valence-corrected chi connectivity index (χ2v) is 9.32. The zero-order valence-corrected chi connectivity index (χ0v) is 17.2. The molecule has 0 radical (unpaired) electrons. The van der Waals surface area contributed by atoms with Crippen LogP contribution in [0.5, 0.6) is 0 Å². The molecular formula is C17H20N4O6S2. The van der Waals surface area contributed by atoms with Gasteiger partial charge in [0, 0.05) is 30.7 Å². The van der Waals surface area contributed by atoms with Crippen LogP contribution in [0.1, 0.15) is 18.5 Å². The highest BCUT2D eigenvalue weighted by Gasteiger charge is 2.31. The van der Waals surface area contributed by atoms with E-state index in [1.165, 1.54) is 11.3 Å². The van der Waals surface area contributed by atoms with Gasteiger partial charge in [0.1, 0.15) is 0 Å². The van der Waals surface area contributed by atoms with Crippen molar-refractivity contribution >= 4 is 38.1 Å². The molecular weight excluding hydrogens is 420 g/mol. The zero-order chi connectivity index (χ0) is 21.0. The van der Waals surface area contributed by atoms with Gasteiger partial charge in [-0.2, -0.15) is 4.31 Å². The van der Waals surface area contributed by atoms with Crippen LogP contribution in [-0.2, 0) is 19.6 Å². The van der Waals surface area contributed by atoms with Gasteiger partial charge in [0.15, 0.2) is 5.13 Å². The van der Waals surface area contributed by atoms with Crippen molar-refractivity contribution in [2.24, 2.45) is 0 Å². The summed E-state index contributed by atoms with van der Waals surface area (Å²) in [6.45, 7) is 1.93. The minimum atomic E-state index is -4.06. The lowest BCUT2D eigenvalue weighted by Gasteiger charge is -2.24. The van der Waals surface area contributed by atoms with Crippen LogP contribution in [0, 0.1) is 17.0 Å². The lowest BCUT2D eigenvalue weighted by atomic mass is 10.2. The van der Waals surface area contributed by atoms with E-state index in [2.05, 4.69) is 10.3 Å². The maximum Gasteiger partial charge on any atom is 0.269 e. The Morgan fingerprint density at radius 1 is 1.41 bits per heavy atom. The number of rotatable bonds is 8. The van der Waals surface area contributed by atoms with E-state index in [1.54, 1.807) is 12.3 Å². The Balaban J connectivity index is 1.80. The molecule has 1 N–H and O–H groups in total. The minimum absolute atomic E-state index is 0.0175. The molecule has 1 saturated heterocycles. The van der Waals surface area contributed by atoms with Gasteiger partial charge in [0.05, 0.1) is 28.2 Å². The fourth-order valence-corrected chi connectivity index (χ4v) is 5.01. The fourth-order valence-electron chi connectivity index (χ4n) is 2.88. The van der Waals surface area contributed by atoms with Crippen molar-refractivity contribution < 1.29 is 22.9 Å². The van der Waals surface area contributed by atoms with E-state index in [4.69, 9.17) is 4.74 Å². The van der Waals surface area contributed by atoms with E-state index in [1.807, 2.05) is 0 Å². The summed E-state index contributed by atoms with van der Waals surface area (Å²) >= 11 is 1.25. The number of benzene rings is 1. The van der Waals surface area contributed by atoms with E-state index >= 15 is 0 Å². The average Bonchev–Trinajstić information content (AvgIpc) is 3.33. The Kier molecular flexibility index (Phi) is 6.57. The quantitative estimate of drug-likeness (QED) is 0.491. The van der Waals surface area contributed by atoms with Crippen molar-refractivity contribution in [1.82, 2.24) is 9.29 Å². The standard InChI is InChI=1S/C17H20N4O6S2/c1-12-11-28-17(18-12)19-16(22)10-20(9-14-3-2-8-27-14)29(25,26)15-6-4-13(5-7-15)21(23)24/h4-7,11,14H,2-3,8-10H2,1H3,(H,18,19,22). The number of aromatic nitrogens is 1. The molecule has 1 aliphatic heterocycles. The molecule has 1 atom stereocenters. The summed E-state index contributed by atoms with van der Waals surface area (Å²) in [4.78, 5) is 26.7. The molecule has 29 heavy (non-hydrogen) atoms. The first-order valence-corrected chi connectivity index (χ1v) is 11.2. The lowest BCUT2D eigenvalue weighted by molar-refractivity contribution is -0.384. The maximum atomic E-state index is 13.1. The minimum Gasteiger partial charge on any atom is -0.377 e. The van der Waals surface area contributed by atoms with Crippen molar-refractivity contribution in [1.29, 1.82) is 0 Å². The molecule has 0 aliphatic carbocycles. The Hall–Kier alpha value is -2.41. The summed E-state index contributed by atoms with van der Waals surface area (Å²) in [7, 11) is -4.06. The first kappa shape index (κ1) is 21.3. The van der Waals surface area contributed by atoms with Gasteiger partial charge in [-0.3, -0.25) is 14.9 Å². The number of nitrogens with one attached hydrogen (secondary N) is 1. The predicted molar refractivity (Wildman–Crippen MR) is 106 cm³/mol. The first-order chi connectivity index (χ1) is 13.8. The molecule has 3 rings (SSSR count). The summed E-state index contributed by atoms with van der Waals surface area (Å²) in [6.07, 6.45) is 1.21. The number of ether oxygens (including phenoxy) is 1. The molecule has 2 heterocycles. The number of amides is 1. The Bertz CT molecular complexity index is 984. The van der Waals surface area contributed by atoms with Crippen molar-refractivity contribution in [3.63, 3.8) is 0 Å². The van der Waals surface area contributed by atoms with Crippen molar-refractivity contribution in [3.05, 3.63) is 45.5 Å². The number of nitro benzene ring substituents is 1. The number of anilines is 1. The fraction of sp³-hybridized carbons (Fsp3) is 0.412. The Morgan fingerprint density at radius 3 is 2.69 bits per heavy atom. The molecule has 0 spiro atoms. The van der Waals surface area contributed by atoms with Gasteiger partial charge in [-0.15, -0.1) is 11.3 Å². The largest absolute Gasteiger partial charge is 0.377 e. The molecule has 1 aromatic heterocycles. The Morgan fingerprint density at radius 2 is 2.14 bits per heavy atom. The second-order valence-electron chi connectivity index (χ2n) is 6.53. The van der Waals surface area contributed by atoms with Gasteiger partial charge in [-0.25, -0.2) is 13.4 Å². The van der Waals surface area contributed by atoms with E-state index in [9.17, 15) is 23.3 Å². The number of nitrogens with zero attached hydrogens (tertiary/aromatic N) is 3. The second kappa shape index (κ2) is 8.95. The van der Waals surface area contributed by atoms with Crippen molar-refractivity contribution in [3.8, 4) is 0 Å². The van der Waals surface area contributed by atoms with Crippen LogP contribution >= 0.6 is 11.3 Å². The number of thiazole rings is 1. The van der Waals surface area contributed by atoms with Gasteiger partial charge in [-0.1, -0.05) is 0 Å². The van der Waals surface area contributed by atoms with E-state index in [-0.39, 0.29) is 23.2 Å². The normalized spacial score (nSPS) is 16.8. The topological polar surface area (TPSA) is 132 Å². The molecule has 1 unspecified atom stereocenters. The van der Waals surface area contributed by atoms with Gasteiger partial charge >= 0.3 is 0 Å². The van der Waals surface area contributed by atoms with Crippen LogP contribution in [0.3, 0.4) is 0 Å². The van der Waals surface area contributed by atoms with Gasteiger partial charge < -0.3 is 10.1 Å². The summed E-state index contributed by atoms with van der Waals surface area (Å²) in [5, 5.41) is 15.6. The maximum absolute atomic E-state index is 13.1. The molecule has 1 fully saturated rings. The summed E-state index contributed by atoms with van der Waals surface area (Å²) in [6, 6.07) is 4.57. The number of hydrogen-bond acceptors (Lipinski definition) is 8. The molecule has 156 valence electrons. The van der Waals surface area contributed by atoms with Crippen LogP contribution in [-0.4, -0.2) is 54.3 Å². The molecule has 12 heteroatoms. The average molecular weight is 441 g/mol. The van der Waals surface area contributed by atoms with Crippen LogP contribution in [0.2, 0.25) is 0 Å². The SMILES string of the molecule is Cc1csc(NC(=O)CN(CC2CCCO2)S(=O)(=O)c2ccc([N+](=O)[O-])cc2)n1. The molecule has 1 amide bonds. The van der Waals surface area contributed by atoms with Crippen molar-refractivity contribution in [2.75, 3.05) is 25.0 Å². The first-order valence-electron chi connectivity index (χ1n) is 8.84. The van der Waals surface area contributed by atoms with Gasteiger partial charge in [0.2, 0.25) is 15.9 Å². The van der Waals surface area contributed by atoms with Crippen LogP contribution in [0.15, 0.2) is 34.5 Å². The zero-order valence-electron chi connectivity index (χ0n) is 15.6.